The molecule has 0 radical (unpaired) electrons. The van der Waals surface area contributed by atoms with Crippen LogP contribution in [0.25, 0.3) is 0 Å². The van der Waals surface area contributed by atoms with E-state index in [-0.39, 0.29) is 0 Å². The largest absolute Gasteiger partial charge is 0.502 e. The molecule has 0 heterocycles. The van der Waals surface area contributed by atoms with Crippen LogP contribution in [0.15, 0.2) is 31.0 Å². The lowest BCUT2D eigenvalue weighted by molar-refractivity contribution is 0.243. The summed E-state index contributed by atoms with van der Waals surface area (Å²) in [6.07, 6.45) is 2.49. The summed E-state index contributed by atoms with van der Waals surface area (Å²) in [5.74, 6) is 0. The third-order valence-electron chi connectivity index (χ3n) is 2.75. The Kier molecular flexibility index (Phi) is 5.78. The third-order valence-corrected chi connectivity index (χ3v) is 2.75. The van der Waals surface area contributed by atoms with Crippen molar-refractivity contribution in [3.63, 3.8) is 0 Å². The van der Waals surface area contributed by atoms with Crippen LogP contribution in [-0.4, -0.2) is 13.2 Å². The molecule has 1 N–H and O–H groups in total. The number of rotatable bonds is 7. The van der Waals surface area contributed by atoms with Crippen molar-refractivity contribution in [3.05, 3.63) is 47.7 Å². The van der Waals surface area contributed by atoms with E-state index in [0.717, 1.165) is 19.6 Å². The number of aryl methyl sites for hydroxylation is 2. The minimum Gasteiger partial charge on any atom is -0.502 e. The van der Waals surface area contributed by atoms with Gasteiger partial charge in [-0.25, -0.2) is 0 Å². The van der Waals surface area contributed by atoms with Crippen LogP contribution < -0.4 is 5.32 Å². The smallest absolute Gasteiger partial charge is 0.0885 e. The van der Waals surface area contributed by atoms with Crippen LogP contribution in [0.2, 0.25) is 0 Å². The van der Waals surface area contributed by atoms with Gasteiger partial charge in [0.15, 0.2) is 0 Å². The van der Waals surface area contributed by atoms with Gasteiger partial charge in [-0.15, -0.1) is 0 Å². The summed E-state index contributed by atoms with van der Waals surface area (Å²) < 4.78 is 5.08. The zero-order valence-corrected chi connectivity index (χ0v) is 11.1. The van der Waals surface area contributed by atoms with Crippen LogP contribution in [-0.2, 0) is 4.74 Å². The van der Waals surface area contributed by atoms with Gasteiger partial charge in [0.2, 0.25) is 0 Å². The lowest BCUT2D eigenvalue weighted by Gasteiger charge is -2.15. The third kappa shape index (κ3) is 5.05. The molecule has 2 heteroatoms. The molecule has 0 amide bonds. The molecule has 0 saturated heterocycles. The average molecular weight is 233 g/mol. The van der Waals surface area contributed by atoms with Crippen LogP contribution in [0.4, 0.5) is 0 Å². The van der Waals surface area contributed by atoms with Gasteiger partial charge < -0.3 is 10.1 Å². The van der Waals surface area contributed by atoms with Crippen molar-refractivity contribution in [2.45, 2.75) is 33.2 Å². The van der Waals surface area contributed by atoms with Crippen molar-refractivity contribution < 1.29 is 4.74 Å². The molecule has 0 bridgehead atoms. The summed E-state index contributed by atoms with van der Waals surface area (Å²) in [7, 11) is 0. The number of hydrogen-bond acceptors (Lipinski definition) is 2. The van der Waals surface area contributed by atoms with E-state index < -0.39 is 0 Å². The van der Waals surface area contributed by atoms with E-state index >= 15 is 0 Å². The van der Waals surface area contributed by atoms with Crippen LogP contribution in [0.5, 0.6) is 0 Å². The highest BCUT2D eigenvalue weighted by molar-refractivity contribution is 5.30. The van der Waals surface area contributed by atoms with Gasteiger partial charge in [-0.3, -0.25) is 0 Å². The first-order valence-electron chi connectivity index (χ1n) is 6.17. The quantitative estimate of drug-likeness (QED) is 0.575. The second-order valence-corrected chi connectivity index (χ2v) is 4.49. The van der Waals surface area contributed by atoms with Gasteiger partial charge in [-0.05, 0) is 39.3 Å². The monoisotopic (exact) mass is 233 g/mol. The summed E-state index contributed by atoms with van der Waals surface area (Å²) in [5.41, 5.74) is 4.00. The molecular formula is C15H23NO. The highest BCUT2D eigenvalue weighted by Gasteiger charge is 2.05. The van der Waals surface area contributed by atoms with Crippen LogP contribution >= 0.6 is 0 Å². The highest BCUT2D eigenvalue weighted by atomic mass is 16.5. The topological polar surface area (TPSA) is 21.3 Å². The van der Waals surface area contributed by atoms with Crippen molar-refractivity contribution in [2.75, 3.05) is 13.2 Å². The average Bonchev–Trinajstić information content (AvgIpc) is 2.27. The maximum Gasteiger partial charge on any atom is 0.0885 e. The summed E-state index contributed by atoms with van der Waals surface area (Å²) in [6, 6.07) is 7.07. The van der Waals surface area contributed by atoms with E-state index in [4.69, 9.17) is 4.74 Å². The molecule has 0 saturated carbocycles. The van der Waals surface area contributed by atoms with Gasteiger partial charge in [0.1, 0.15) is 0 Å². The van der Waals surface area contributed by atoms with Gasteiger partial charge >= 0.3 is 0 Å². The van der Waals surface area contributed by atoms with Crippen molar-refractivity contribution in [2.24, 2.45) is 0 Å². The maximum atomic E-state index is 5.08. The Morgan fingerprint density at radius 3 is 2.53 bits per heavy atom. The predicted octanol–water partition coefficient (Wildman–Crippen LogP) is 3.50. The molecule has 1 aromatic rings. The van der Waals surface area contributed by atoms with Crippen LogP contribution in [0, 0.1) is 13.8 Å². The summed E-state index contributed by atoms with van der Waals surface area (Å²) in [5, 5.41) is 3.50. The van der Waals surface area contributed by atoms with Gasteiger partial charge in [-0.2, -0.15) is 0 Å². The molecule has 1 aromatic carbocycles. The van der Waals surface area contributed by atoms with Crippen molar-refractivity contribution >= 4 is 0 Å². The number of nitrogens with one attached hydrogen (secondary N) is 1. The molecule has 0 aliphatic carbocycles. The van der Waals surface area contributed by atoms with E-state index in [2.05, 4.69) is 50.9 Å². The van der Waals surface area contributed by atoms with Gasteiger partial charge in [0, 0.05) is 6.04 Å². The lowest BCUT2D eigenvalue weighted by Crippen LogP contribution is -2.20. The fourth-order valence-electron chi connectivity index (χ4n) is 1.94. The number of hydrogen-bond donors (Lipinski definition) is 1. The van der Waals surface area contributed by atoms with Gasteiger partial charge in [-0.1, -0.05) is 35.9 Å². The van der Waals surface area contributed by atoms with Gasteiger partial charge in [0.25, 0.3) is 0 Å². The minimum atomic E-state index is 0.386. The second kappa shape index (κ2) is 7.13. The molecular weight excluding hydrogens is 210 g/mol. The fourth-order valence-corrected chi connectivity index (χ4v) is 1.94. The van der Waals surface area contributed by atoms with E-state index in [1.54, 1.807) is 0 Å². The summed E-state index contributed by atoms with van der Waals surface area (Å²) in [6.45, 7) is 11.7. The van der Waals surface area contributed by atoms with Crippen molar-refractivity contribution in [3.8, 4) is 0 Å². The van der Waals surface area contributed by atoms with Crippen LogP contribution in [0.1, 0.15) is 36.1 Å². The first-order valence-corrected chi connectivity index (χ1v) is 6.17. The van der Waals surface area contributed by atoms with Crippen LogP contribution in [0.3, 0.4) is 0 Å². The summed E-state index contributed by atoms with van der Waals surface area (Å²) >= 11 is 0. The molecule has 0 fully saturated rings. The predicted molar refractivity (Wildman–Crippen MR) is 73.1 cm³/mol. The summed E-state index contributed by atoms with van der Waals surface area (Å²) in [4.78, 5) is 0. The first-order chi connectivity index (χ1) is 8.13. The molecule has 0 aromatic heterocycles. The number of ether oxygens (including phenoxy) is 1. The zero-order valence-electron chi connectivity index (χ0n) is 11.1. The Hall–Kier alpha value is -1.28. The lowest BCUT2D eigenvalue weighted by atomic mass is 10.0. The second-order valence-electron chi connectivity index (χ2n) is 4.49. The maximum absolute atomic E-state index is 5.08. The molecule has 1 atom stereocenters. The SMILES string of the molecule is C=COCCCNC(C)c1cc(C)cc(C)c1. The van der Waals surface area contributed by atoms with Crippen molar-refractivity contribution in [1.29, 1.82) is 0 Å². The standard InChI is InChI=1S/C15H23NO/c1-5-17-8-6-7-16-14(4)15-10-12(2)9-13(3)11-15/h5,9-11,14,16H,1,6-8H2,2-4H3. The van der Waals surface area contributed by atoms with E-state index in [9.17, 15) is 0 Å². The molecule has 94 valence electrons. The minimum absolute atomic E-state index is 0.386. The van der Waals surface area contributed by atoms with Gasteiger partial charge in [0.05, 0.1) is 12.9 Å². The molecule has 17 heavy (non-hydrogen) atoms. The van der Waals surface area contributed by atoms with Crippen molar-refractivity contribution in [1.82, 2.24) is 5.32 Å². The molecule has 1 unspecified atom stereocenters. The normalized spacial score (nSPS) is 12.2. The Balaban J connectivity index is 2.40. The zero-order chi connectivity index (χ0) is 12.7. The molecule has 0 spiro atoms. The number of benzene rings is 1. The van der Waals surface area contributed by atoms with E-state index in [0.29, 0.717) is 6.04 Å². The molecule has 2 nitrogen and oxygen atoms in total. The highest BCUT2D eigenvalue weighted by Crippen LogP contribution is 2.16. The molecule has 1 rings (SSSR count). The first kappa shape index (κ1) is 13.8. The Labute approximate surface area is 105 Å². The molecule has 0 aliphatic rings. The molecule has 0 aliphatic heterocycles. The van der Waals surface area contributed by atoms with E-state index in [1.165, 1.54) is 23.0 Å². The fraction of sp³-hybridized carbons (Fsp3) is 0.467. The van der Waals surface area contributed by atoms with E-state index in [1.807, 2.05) is 0 Å². The Morgan fingerprint density at radius 1 is 1.29 bits per heavy atom. The Bertz CT molecular complexity index is 340. The Morgan fingerprint density at radius 2 is 1.94 bits per heavy atom.